The molecule has 2 heterocycles. The van der Waals surface area contributed by atoms with Crippen LogP contribution in [0.2, 0.25) is 0 Å². The van der Waals surface area contributed by atoms with Crippen molar-refractivity contribution in [1.82, 2.24) is 10.2 Å². The zero-order valence-corrected chi connectivity index (χ0v) is 12.6. The lowest BCUT2D eigenvalue weighted by molar-refractivity contribution is 0.0946. The van der Waals surface area contributed by atoms with E-state index in [0.717, 1.165) is 49.4 Å². The minimum atomic E-state index is 0.0351. The fourth-order valence-corrected chi connectivity index (χ4v) is 3.16. The van der Waals surface area contributed by atoms with Gasteiger partial charge in [0.1, 0.15) is 5.75 Å². The number of hydrogen-bond acceptors (Lipinski definition) is 3. The lowest BCUT2D eigenvalue weighted by Crippen LogP contribution is -2.31. The molecule has 0 bridgehead atoms. The van der Waals surface area contributed by atoms with Crippen molar-refractivity contribution in [1.29, 1.82) is 0 Å². The standard InChI is InChI=1S/C17H24N2O2/c20-17-16-6-5-15(13-14(16)7-8-18-17)21-12-4-11-19-9-2-1-3-10-19/h5-6,13H,1-4,7-12H2,(H,18,20). The molecule has 0 atom stereocenters. The molecular formula is C17H24N2O2. The van der Waals surface area contributed by atoms with Crippen LogP contribution in [0.25, 0.3) is 0 Å². The molecule has 3 rings (SSSR count). The number of nitrogens with zero attached hydrogens (tertiary/aromatic N) is 1. The highest BCUT2D eigenvalue weighted by Crippen LogP contribution is 2.21. The predicted molar refractivity (Wildman–Crippen MR) is 82.9 cm³/mol. The molecule has 0 aliphatic carbocycles. The van der Waals surface area contributed by atoms with E-state index in [-0.39, 0.29) is 5.91 Å². The minimum absolute atomic E-state index is 0.0351. The molecule has 2 aliphatic rings. The van der Waals surface area contributed by atoms with Gasteiger partial charge in [-0.15, -0.1) is 0 Å². The maximum absolute atomic E-state index is 11.7. The highest BCUT2D eigenvalue weighted by molar-refractivity contribution is 5.96. The molecule has 21 heavy (non-hydrogen) atoms. The van der Waals surface area contributed by atoms with Crippen molar-refractivity contribution >= 4 is 5.91 Å². The number of carbonyl (C=O) groups excluding carboxylic acids is 1. The summed E-state index contributed by atoms with van der Waals surface area (Å²) in [7, 11) is 0. The fourth-order valence-electron chi connectivity index (χ4n) is 3.16. The number of fused-ring (bicyclic) bond motifs is 1. The van der Waals surface area contributed by atoms with E-state index in [1.54, 1.807) is 0 Å². The number of benzene rings is 1. The van der Waals surface area contributed by atoms with Gasteiger partial charge in [-0.3, -0.25) is 4.79 Å². The second kappa shape index (κ2) is 6.94. The first-order chi connectivity index (χ1) is 10.3. The summed E-state index contributed by atoms with van der Waals surface area (Å²) >= 11 is 0. The smallest absolute Gasteiger partial charge is 0.251 e. The molecule has 1 amide bonds. The zero-order chi connectivity index (χ0) is 14.5. The molecule has 1 saturated heterocycles. The normalized spacial score (nSPS) is 19.0. The maximum atomic E-state index is 11.7. The van der Waals surface area contributed by atoms with Crippen molar-refractivity contribution in [2.45, 2.75) is 32.1 Å². The maximum Gasteiger partial charge on any atom is 0.251 e. The number of likely N-dealkylation sites (tertiary alicyclic amines) is 1. The van der Waals surface area contributed by atoms with Crippen LogP contribution in [0, 0.1) is 0 Å². The summed E-state index contributed by atoms with van der Waals surface area (Å²) in [5, 5.41) is 2.86. The van der Waals surface area contributed by atoms with E-state index in [1.165, 1.54) is 32.4 Å². The van der Waals surface area contributed by atoms with E-state index >= 15 is 0 Å². The van der Waals surface area contributed by atoms with Gasteiger partial charge in [-0.05, 0) is 62.5 Å². The summed E-state index contributed by atoms with van der Waals surface area (Å²) in [6.45, 7) is 5.10. The van der Waals surface area contributed by atoms with Crippen LogP contribution in [0.1, 0.15) is 41.6 Å². The van der Waals surface area contributed by atoms with Gasteiger partial charge in [0.15, 0.2) is 0 Å². The van der Waals surface area contributed by atoms with Gasteiger partial charge in [-0.25, -0.2) is 0 Å². The predicted octanol–water partition coefficient (Wildman–Crippen LogP) is 2.23. The molecule has 0 aromatic heterocycles. The molecule has 0 spiro atoms. The monoisotopic (exact) mass is 288 g/mol. The van der Waals surface area contributed by atoms with E-state index in [1.807, 2.05) is 18.2 Å². The number of nitrogens with one attached hydrogen (secondary N) is 1. The van der Waals surface area contributed by atoms with E-state index in [0.29, 0.717) is 0 Å². The third-order valence-corrected chi connectivity index (χ3v) is 4.34. The summed E-state index contributed by atoms with van der Waals surface area (Å²) in [5.41, 5.74) is 1.90. The van der Waals surface area contributed by atoms with Crippen LogP contribution in [0.5, 0.6) is 5.75 Å². The minimum Gasteiger partial charge on any atom is -0.494 e. The number of rotatable bonds is 5. The van der Waals surface area contributed by atoms with Crippen molar-refractivity contribution in [2.75, 3.05) is 32.8 Å². The van der Waals surface area contributed by atoms with Crippen molar-refractivity contribution in [3.05, 3.63) is 29.3 Å². The average molecular weight is 288 g/mol. The molecule has 1 fully saturated rings. The molecule has 1 aromatic carbocycles. The molecule has 0 saturated carbocycles. The Morgan fingerprint density at radius 1 is 1.19 bits per heavy atom. The van der Waals surface area contributed by atoms with Crippen molar-refractivity contribution < 1.29 is 9.53 Å². The zero-order valence-electron chi connectivity index (χ0n) is 12.6. The number of amides is 1. The SMILES string of the molecule is O=C1NCCc2cc(OCCCN3CCCCC3)ccc21. The Kier molecular flexibility index (Phi) is 4.76. The van der Waals surface area contributed by atoms with Crippen LogP contribution in [0.4, 0.5) is 0 Å². The molecule has 114 valence electrons. The van der Waals surface area contributed by atoms with E-state index in [4.69, 9.17) is 4.74 Å². The highest BCUT2D eigenvalue weighted by Gasteiger charge is 2.16. The largest absolute Gasteiger partial charge is 0.494 e. The lowest BCUT2D eigenvalue weighted by atomic mass is 10.0. The highest BCUT2D eigenvalue weighted by atomic mass is 16.5. The van der Waals surface area contributed by atoms with Gasteiger partial charge in [0.2, 0.25) is 0 Å². The average Bonchev–Trinajstić information content (AvgIpc) is 2.53. The van der Waals surface area contributed by atoms with Gasteiger partial charge in [0, 0.05) is 18.7 Å². The first-order valence-corrected chi connectivity index (χ1v) is 8.09. The Bertz CT molecular complexity index is 496. The molecule has 4 nitrogen and oxygen atoms in total. The van der Waals surface area contributed by atoms with Gasteiger partial charge in [0.25, 0.3) is 5.91 Å². The summed E-state index contributed by atoms with van der Waals surface area (Å²) in [4.78, 5) is 14.2. The first kappa shape index (κ1) is 14.4. The number of ether oxygens (including phenoxy) is 1. The Morgan fingerprint density at radius 3 is 2.90 bits per heavy atom. The first-order valence-electron chi connectivity index (χ1n) is 8.09. The van der Waals surface area contributed by atoms with Crippen LogP contribution in [0.3, 0.4) is 0 Å². The molecule has 2 aliphatic heterocycles. The topological polar surface area (TPSA) is 41.6 Å². The summed E-state index contributed by atoms with van der Waals surface area (Å²) in [5.74, 6) is 0.926. The molecule has 0 unspecified atom stereocenters. The fraction of sp³-hybridized carbons (Fsp3) is 0.588. The Hall–Kier alpha value is -1.55. The van der Waals surface area contributed by atoms with Gasteiger partial charge < -0.3 is 15.0 Å². The van der Waals surface area contributed by atoms with Crippen molar-refractivity contribution in [2.24, 2.45) is 0 Å². The van der Waals surface area contributed by atoms with Crippen LogP contribution < -0.4 is 10.1 Å². The second-order valence-corrected chi connectivity index (χ2v) is 5.93. The van der Waals surface area contributed by atoms with E-state index < -0.39 is 0 Å². The van der Waals surface area contributed by atoms with Gasteiger partial charge in [-0.2, -0.15) is 0 Å². The third-order valence-electron chi connectivity index (χ3n) is 4.34. The molecule has 1 N–H and O–H groups in total. The van der Waals surface area contributed by atoms with Gasteiger partial charge in [-0.1, -0.05) is 6.42 Å². The van der Waals surface area contributed by atoms with E-state index in [9.17, 15) is 4.79 Å². The van der Waals surface area contributed by atoms with E-state index in [2.05, 4.69) is 10.2 Å². The molecule has 0 radical (unpaired) electrons. The third kappa shape index (κ3) is 3.76. The molecular weight excluding hydrogens is 264 g/mol. The van der Waals surface area contributed by atoms with Crippen molar-refractivity contribution in [3.8, 4) is 5.75 Å². The van der Waals surface area contributed by atoms with Crippen LogP contribution >= 0.6 is 0 Å². The van der Waals surface area contributed by atoms with Crippen LogP contribution in [-0.4, -0.2) is 43.6 Å². The Morgan fingerprint density at radius 2 is 2.05 bits per heavy atom. The van der Waals surface area contributed by atoms with Gasteiger partial charge in [0.05, 0.1) is 6.61 Å². The molecule has 1 aromatic rings. The van der Waals surface area contributed by atoms with Crippen molar-refractivity contribution in [3.63, 3.8) is 0 Å². The van der Waals surface area contributed by atoms with Crippen LogP contribution in [0.15, 0.2) is 18.2 Å². The Balaban J connectivity index is 1.46. The summed E-state index contributed by atoms with van der Waals surface area (Å²) in [6.07, 6.45) is 6.03. The number of hydrogen-bond donors (Lipinski definition) is 1. The summed E-state index contributed by atoms with van der Waals surface area (Å²) in [6, 6.07) is 5.81. The lowest BCUT2D eigenvalue weighted by Gasteiger charge is -2.26. The van der Waals surface area contributed by atoms with Crippen LogP contribution in [-0.2, 0) is 6.42 Å². The summed E-state index contributed by atoms with van der Waals surface area (Å²) < 4.78 is 5.84. The Labute approximate surface area is 126 Å². The molecule has 4 heteroatoms. The number of piperidine rings is 1. The number of carbonyl (C=O) groups is 1. The van der Waals surface area contributed by atoms with Gasteiger partial charge >= 0.3 is 0 Å². The second-order valence-electron chi connectivity index (χ2n) is 5.93. The quantitative estimate of drug-likeness (QED) is 0.845.